The van der Waals surface area contributed by atoms with Crippen LogP contribution in [0.5, 0.6) is 0 Å². The maximum Gasteiger partial charge on any atom is 0.218 e. The standard InChI is InChI=1S/C12H13NO/c1-4-12(13-10(3)14)11-7-5-6-9(2)8-11/h1,5-8,12H,2-3H3,(H,13,14)/t12-/m1/s1. The van der Waals surface area contributed by atoms with Gasteiger partial charge in [-0.1, -0.05) is 35.7 Å². The Bertz CT molecular complexity index is 376. The minimum Gasteiger partial charge on any atom is -0.339 e. The quantitative estimate of drug-likeness (QED) is 0.703. The first-order chi connectivity index (χ1) is 6.63. The van der Waals surface area contributed by atoms with Gasteiger partial charge in [0.2, 0.25) is 5.91 Å². The third kappa shape index (κ3) is 2.63. The largest absolute Gasteiger partial charge is 0.339 e. The molecule has 0 aromatic heterocycles. The lowest BCUT2D eigenvalue weighted by molar-refractivity contribution is -0.119. The fraction of sp³-hybridized carbons (Fsp3) is 0.250. The molecule has 2 nitrogen and oxygen atoms in total. The summed E-state index contributed by atoms with van der Waals surface area (Å²) in [7, 11) is 0. The van der Waals surface area contributed by atoms with Crippen LogP contribution in [0.25, 0.3) is 0 Å². The number of aryl methyl sites for hydroxylation is 1. The zero-order valence-electron chi connectivity index (χ0n) is 8.37. The van der Waals surface area contributed by atoms with Gasteiger partial charge in [0, 0.05) is 6.92 Å². The number of carbonyl (C=O) groups is 1. The number of hydrogen-bond donors (Lipinski definition) is 1. The van der Waals surface area contributed by atoms with Gasteiger partial charge in [-0.3, -0.25) is 4.79 Å². The first-order valence-electron chi connectivity index (χ1n) is 4.43. The summed E-state index contributed by atoms with van der Waals surface area (Å²) in [5.74, 6) is 2.43. The second kappa shape index (κ2) is 4.48. The van der Waals surface area contributed by atoms with Crippen LogP contribution in [0.15, 0.2) is 24.3 Å². The zero-order chi connectivity index (χ0) is 10.6. The Kier molecular flexibility index (Phi) is 3.30. The summed E-state index contributed by atoms with van der Waals surface area (Å²) in [6.45, 7) is 3.45. The number of terminal acetylenes is 1. The van der Waals surface area contributed by atoms with Gasteiger partial charge in [-0.15, -0.1) is 6.42 Å². The summed E-state index contributed by atoms with van der Waals surface area (Å²) in [5.41, 5.74) is 2.08. The van der Waals surface area contributed by atoms with E-state index in [0.29, 0.717) is 0 Å². The summed E-state index contributed by atoms with van der Waals surface area (Å²) < 4.78 is 0. The van der Waals surface area contributed by atoms with Crippen molar-refractivity contribution in [2.24, 2.45) is 0 Å². The lowest BCUT2D eigenvalue weighted by Crippen LogP contribution is -2.24. The molecule has 0 radical (unpaired) electrons. The predicted molar refractivity (Wildman–Crippen MR) is 56.6 cm³/mol. The Morgan fingerprint density at radius 1 is 1.57 bits per heavy atom. The monoisotopic (exact) mass is 187 g/mol. The number of rotatable bonds is 2. The Hall–Kier alpha value is -1.75. The molecule has 0 aliphatic rings. The highest BCUT2D eigenvalue weighted by atomic mass is 16.1. The van der Waals surface area contributed by atoms with E-state index in [9.17, 15) is 4.79 Å². The first-order valence-corrected chi connectivity index (χ1v) is 4.43. The van der Waals surface area contributed by atoms with E-state index in [0.717, 1.165) is 11.1 Å². The maximum atomic E-state index is 10.9. The third-order valence-corrected chi connectivity index (χ3v) is 1.89. The molecule has 0 saturated carbocycles. The molecule has 0 heterocycles. The fourth-order valence-corrected chi connectivity index (χ4v) is 1.27. The Balaban J connectivity index is 2.90. The summed E-state index contributed by atoms with van der Waals surface area (Å²) in [6, 6.07) is 7.47. The van der Waals surface area contributed by atoms with E-state index < -0.39 is 0 Å². The topological polar surface area (TPSA) is 29.1 Å². The van der Waals surface area contributed by atoms with E-state index in [1.807, 2.05) is 31.2 Å². The van der Waals surface area contributed by atoms with Crippen molar-refractivity contribution in [2.45, 2.75) is 19.9 Å². The van der Waals surface area contributed by atoms with Crippen LogP contribution < -0.4 is 5.32 Å². The molecule has 1 rings (SSSR count). The molecule has 0 aliphatic heterocycles. The van der Waals surface area contributed by atoms with Crippen LogP contribution in [0, 0.1) is 19.3 Å². The van der Waals surface area contributed by atoms with Gasteiger partial charge in [0.05, 0.1) is 0 Å². The maximum absolute atomic E-state index is 10.9. The van der Waals surface area contributed by atoms with Gasteiger partial charge in [0.25, 0.3) is 0 Å². The molecule has 0 saturated heterocycles. The first kappa shape index (κ1) is 10.3. The number of carbonyl (C=O) groups excluding carboxylic acids is 1. The number of hydrogen-bond acceptors (Lipinski definition) is 1. The molecule has 72 valence electrons. The van der Waals surface area contributed by atoms with Gasteiger partial charge < -0.3 is 5.32 Å². The summed E-state index contributed by atoms with van der Waals surface area (Å²) >= 11 is 0. The van der Waals surface area contributed by atoms with Crippen molar-refractivity contribution in [1.82, 2.24) is 5.32 Å². The lowest BCUT2D eigenvalue weighted by atomic mass is 10.1. The fourth-order valence-electron chi connectivity index (χ4n) is 1.27. The molecule has 0 spiro atoms. The number of benzene rings is 1. The second-order valence-electron chi connectivity index (χ2n) is 3.21. The molecule has 0 bridgehead atoms. The van der Waals surface area contributed by atoms with Crippen molar-refractivity contribution in [1.29, 1.82) is 0 Å². The highest BCUT2D eigenvalue weighted by molar-refractivity contribution is 5.74. The molecule has 0 fully saturated rings. The zero-order valence-corrected chi connectivity index (χ0v) is 8.37. The lowest BCUT2D eigenvalue weighted by Gasteiger charge is -2.12. The van der Waals surface area contributed by atoms with Crippen molar-refractivity contribution >= 4 is 5.91 Å². The van der Waals surface area contributed by atoms with Crippen LogP contribution in [-0.2, 0) is 4.79 Å². The summed E-state index contributed by atoms with van der Waals surface area (Å²) in [6.07, 6.45) is 5.34. The van der Waals surface area contributed by atoms with Crippen LogP contribution in [0.2, 0.25) is 0 Å². The minimum absolute atomic E-state index is 0.116. The van der Waals surface area contributed by atoms with Gasteiger partial charge in [0.15, 0.2) is 0 Å². The van der Waals surface area contributed by atoms with Crippen molar-refractivity contribution in [3.05, 3.63) is 35.4 Å². The van der Waals surface area contributed by atoms with Crippen LogP contribution in [0.1, 0.15) is 24.1 Å². The summed E-state index contributed by atoms with van der Waals surface area (Å²) in [4.78, 5) is 10.9. The van der Waals surface area contributed by atoms with Crippen molar-refractivity contribution in [2.75, 3.05) is 0 Å². The Labute approximate surface area is 84.3 Å². The van der Waals surface area contributed by atoms with E-state index in [4.69, 9.17) is 6.42 Å². The van der Waals surface area contributed by atoms with Crippen molar-refractivity contribution < 1.29 is 4.79 Å². The number of nitrogens with one attached hydrogen (secondary N) is 1. The molecule has 14 heavy (non-hydrogen) atoms. The average molecular weight is 187 g/mol. The summed E-state index contributed by atoms with van der Waals surface area (Å²) in [5, 5.41) is 2.70. The van der Waals surface area contributed by atoms with Crippen molar-refractivity contribution in [3.63, 3.8) is 0 Å². The van der Waals surface area contributed by atoms with Crippen LogP contribution in [0.3, 0.4) is 0 Å². The highest BCUT2D eigenvalue weighted by Crippen LogP contribution is 2.13. The second-order valence-corrected chi connectivity index (χ2v) is 3.21. The highest BCUT2D eigenvalue weighted by Gasteiger charge is 2.08. The molecular formula is C12H13NO. The molecule has 1 amide bonds. The van der Waals surface area contributed by atoms with E-state index in [1.165, 1.54) is 6.92 Å². The van der Waals surface area contributed by atoms with Crippen LogP contribution in [0.4, 0.5) is 0 Å². The SMILES string of the molecule is C#C[C@@H](NC(C)=O)c1cccc(C)c1. The molecule has 2 heteroatoms. The molecule has 0 unspecified atom stereocenters. The van der Waals surface area contributed by atoms with E-state index >= 15 is 0 Å². The smallest absolute Gasteiger partial charge is 0.218 e. The van der Waals surface area contributed by atoms with Gasteiger partial charge in [0.1, 0.15) is 6.04 Å². The van der Waals surface area contributed by atoms with E-state index in [2.05, 4.69) is 11.2 Å². The molecule has 1 aromatic rings. The van der Waals surface area contributed by atoms with Crippen molar-refractivity contribution in [3.8, 4) is 12.3 Å². The number of amides is 1. The average Bonchev–Trinajstić information content (AvgIpc) is 2.14. The van der Waals surface area contributed by atoms with Gasteiger partial charge in [-0.25, -0.2) is 0 Å². The molecule has 1 aromatic carbocycles. The van der Waals surface area contributed by atoms with Gasteiger partial charge in [-0.2, -0.15) is 0 Å². The molecular weight excluding hydrogens is 174 g/mol. The third-order valence-electron chi connectivity index (χ3n) is 1.89. The predicted octanol–water partition coefficient (Wildman–Crippen LogP) is 1.81. The van der Waals surface area contributed by atoms with E-state index in [-0.39, 0.29) is 11.9 Å². The van der Waals surface area contributed by atoms with Crippen LogP contribution >= 0.6 is 0 Å². The van der Waals surface area contributed by atoms with Gasteiger partial charge in [-0.05, 0) is 12.5 Å². The van der Waals surface area contributed by atoms with E-state index in [1.54, 1.807) is 0 Å². The normalized spacial score (nSPS) is 11.5. The molecule has 1 N–H and O–H groups in total. The van der Waals surface area contributed by atoms with Crippen LogP contribution in [-0.4, -0.2) is 5.91 Å². The molecule has 0 aliphatic carbocycles. The van der Waals surface area contributed by atoms with Gasteiger partial charge >= 0.3 is 0 Å². The minimum atomic E-state index is -0.326. The molecule has 1 atom stereocenters. The Morgan fingerprint density at radius 2 is 2.29 bits per heavy atom. The Morgan fingerprint density at radius 3 is 2.79 bits per heavy atom.